The number of hydrogen-bond donors (Lipinski definition) is 2. The number of benzene rings is 2. The van der Waals surface area contributed by atoms with Gasteiger partial charge in [0.05, 0.1) is 23.2 Å². The zero-order chi connectivity index (χ0) is 17.3. The quantitative estimate of drug-likeness (QED) is 0.671. The second-order valence-electron chi connectivity index (χ2n) is 6.54. The van der Waals surface area contributed by atoms with E-state index in [1.165, 1.54) is 18.4 Å². The number of fused-ring (bicyclic) bond motifs is 1. The van der Waals surface area contributed by atoms with Crippen LogP contribution < -0.4 is 5.32 Å². The van der Waals surface area contributed by atoms with Crippen LogP contribution in [0.15, 0.2) is 48.5 Å². The Morgan fingerprint density at radius 3 is 2.76 bits per heavy atom. The van der Waals surface area contributed by atoms with Crippen LogP contribution in [0, 0.1) is 0 Å². The smallest absolute Gasteiger partial charge is 0.338 e. The maximum atomic E-state index is 11.8. The number of carbonyl (C=O) groups is 1. The number of H-pyrrole nitrogens is 1. The molecule has 5 nitrogen and oxygen atoms in total. The summed E-state index contributed by atoms with van der Waals surface area (Å²) in [5.41, 5.74) is 3.80. The van der Waals surface area contributed by atoms with Gasteiger partial charge in [0.2, 0.25) is 5.95 Å². The Bertz CT molecular complexity index is 898. The van der Waals surface area contributed by atoms with Gasteiger partial charge in [-0.3, -0.25) is 0 Å². The Morgan fingerprint density at radius 1 is 1.24 bits per heavy atom. The van der Waals surface area contributed by atoms with E-state index in [-0.39, 0.29) is 11.4 Å². The van der Waals surface area contributed by atoms with E-state index in [0.29, 0.717) is 12.2 Å². The first-order chi connectivity index (χ1) is 12.2. The lowest BCUT2D eigenvalue weighted by atomic mass is 9.96. The third-order valence-electron chi connectivity index (χ3n) is 4.83. The van der Waals surface area contributed by atoms with Gasteiger partial charge in [0.1, 0.15) is 0 Å². The highest BCUT2D eigenvalue weighted by molar-refractivity contribution is 5.94. The van der Waals surface area contributed by atoms with Crippen molar-refractivity contribution in [2.45, 2.75) is 25.2 Å². The van der Waals surface area contributed by atoms with Gasteiger partial charge in [-0.05, 0) is 43.5 Å². The molecule has 5 heteroatoms. The van der Waals surface area contributed by atoms with Gasteiger partial charge in [0.15, 0.2) is 0 Å². The fourth-order valence-corrected chi connectivity index (χ4v) is 3.20. The molecule has 4 rings (SSSR count). The molecule has 3 aromatic rings. The van der Waals surface area contributed by atoms with E-state index in [0.717, 1.165) is 23.5 Å². The third kappa shape index (κ3) is 3.09. The van der Waals surface area contributed by atoms with E-state index in [4.69, 9.17) is 4.74 Å². The maximum Gasteiger partial charge on any atom is 0.338 e. The molecule has 0 unspecified atom stereocenters. The number of rotatable bonds is 6. The van der Waals surface area contributed by atoms with Crippen molar-refractivity contribution in [1.29, 1.82) is 0 Å². The average molecular weight is 335 g/mol. The molecule has 0 bridgehead atoms. The largest absolute Gasteiger partial charge is 0.462 e. The Hall–Kier alpha value is -2.82. The molecule has 1 aliphatic rings. The van der Waals surface area contributed by atoms with E-state index in [1.807, 2.05) is 12.1 Å². The molecule has 0 amide bonds. The lowest BCUT2D eigenvalue weighted by Crippen LogP contribution is -2.20. The summed E-state index contributed by atoms with van der Waals surface area (Å²) in [7, 11) is 0. The van der Waals surface area contributed by atoms with Gasteiger partial charge >= 0.3 is 5.97 Å². The number of esters is 1. The molecule has 0 aliphatic heterocycles. The molecule has 0 saturated heterocycles. The van der Waals surface area contributed by atoms with Crippen molar-refractivity contribution in [1.82, 2.24) is 9.97 Å². The number of ether oxygens (including phenoxy) is 1. The fourth-order valence-electron chi connectivity index (χ4n) is 3.20. The predicted octanol–water partition coefficient (Wildman–Crippen LogP) is 3.88. The summed E-state index contributed by atoms with van der Waals surface area (Å²) < 4.78 is 5.04. The number of nitrogens with zero attached hydrogens (tertiary/aromatic N) is 1. The molecule has 1 aromatic heterocycles. The topological polar surface area (TPSA) is 67.0 Å². The van der Waals surface area contributed by atoms with Crippen LogP contribution in [0.3, 0.4) is 0 Å². The first-order valence-electron chi connectivity index (χ1n) is 8.66. The summed E-state index contributed by atoms with van der Waals surface area (Å²) in [5.74, 6) is 0.424. The van der Waals surface area contributed by atoms with Crippen molar-refractivity contribution in [3.05, 3.63) is 59.7 Å². The molecule has 1 aliphatic carbocycles. The number of carbonyl (C=O) groups excluding carboxylic acids is 1. The number of aromatic amines is 1. The summed E-state index contributed by atoms with van der Waals surface area (Å²) >= 11 is 0. The van der Waals surface area contributed by atoms with Gasteiger partial charge in [-0.2, -0.15) is 0 Å². The Kier molecular flexibility index (Phi) is 3.92. The molecular formula is C20H21N3O2. The number of nitrogens with one attached hydrogen (secondary N) is 2. The van der Waals surface area contributed by atoms with Crippen molar-refractivity contribution in [3.8, 4) is 0 Å². The molecule has 1 heterocycles. The summed E-state index contributed by atoms with van der Waals surface area (Å²) in [4.78, 5) is 19.7. The summed E-state index contributed by atoms with van der Waals surface area (Å²) in [6.07, 6.45) is 2.38. The van der Waals surface area contributed by atoms with Crippen molar-refractivity contribution in [2.24, 2.45) is 0 Å². The first-order valence-corrected chi connectivity index (χ1v) is 8.66. The normalized spacial score (nSPS) is 15.1. The SMILES string of the molecule is CCOC(=O)c1ccc2nc(NCC3(c4ccccc4)CC3)[nH]c2c1. The Labute approximate surface area is 146 Å². The number of aromatic nitrogens is 2. The standard InChI is InChI=1S/C20H21N3O2/c1-2-25-18(24)14-8-9-16-17(12-14)23-19(22-16)21-13-20(10-11-20)15-6-4-3-5-7-15/h3-9,12H,2,10-11,13H2,1H3,(H2,21,22,23). The highest BCUT2D eigenvalue weighted by Crippen LogP contribution is 2.48. The minimum atomic E-state index is -0.311. The van der Waals surface area contributed by atoms with Crippen LogP contribution in [0.1, 0.15) is 35.7 Å². The molecule has 128 valence electrons. The van der Waals surface area contributed by atoms with E-state index >= 15 is 0 Å². The minimum Gasteiger partial charge on any atom is -0.462 e. The number of anilines is 1. The highest BCUT2D eigenvalue weighted by Gasteiger charge is 2.43. The van der Waals surface area contributed by atoms with Crippen LogP contribution in [0.5, 0.6) is 0 Å². The van der Waals surface area contributed by atoms with E-state index in [9.17, 15) is 4.79 Å². The van der Waals surface area contributed by atoms with Gasteiger partial charge in [-0.1, -0.05) is 30.3 Å². The fraction of sp³-hybridized carbons (Fsp3) is 0.300. The van der Waals surface area contributed by atoms with Crippen molar-refractivity contribution in [2.75, 3.05) is 18.5 Å². The zero-order valence-electron chi connectivity index (χ0n) is 14.2. The van der Waals surface area contributed by atoms with E-state index < -0.39 is 0 Å². The second kappa shape index (κ2) is 6.24. The maximum absolute atomic E-state index is 11.8. The average Bonchev–Trinajstić information content (AvgIpc) is 3.33. The minimum absolute atomic E-state index is 0.219. The summed E-state index contributed by atoms with van der Waals surface area (Å²) in [6, 6.07) is 16.0. The van der Waals surface area contributed by atoms with Gasteiger partial charge in [-0.15, -0.1) is 0 Å². The number of imidazole rings is 1. The summed E-state index contributed by atoms with van der Waals surface area (Å²) in [5, 5.41) is 3.43. The summed E-state index contributed by atoms with van der Waals surface area (Å²) in [6.45, 7) is 3.02. The zero-order valence-corrected chi connectivity index (χ0v) is 14.2. The van der Waals surface area contributed by atoms with Crippen LogP contribution in [0.2, 0.25) is 0 Å². The highest BCUT2D eigenvalue weighted by atomic mass is 16.5. The van der Waals surface area contributed by atoms with Crippen molar-refractivity contribution in [3.63, 3.8) is 0 Å². The molecule has 25 heavy (non-hydrogen) atoms. The molecule has 0 radical (unpaired) electrons. The van der Waals surface area contributed by atoms with Gasteiger partial charge in [-0.25, -0.2) is 9.78 Å². The molecule has 2 N–H and O–H groups in total. The van der Waals surface area contributed by atoms with Gasteiger partial charge in [0.25, 0.3) is 0 Å². The molecule has 1 saturated carbocycles. The van der Waals surface area contributed by atoms with Crippen LogP contribution in [0.25, 0.3) is 11.0 Å². The molecule has 0 atom stereocenters. The van der Waals surface area contributed by atoms with Crippen LogP contribution >= 0.6 is 0 Å². The van der Waals surface area contributed by atoms with Crippen LogP contribution in [-0.2, 0) is 10.2 Å². The molecule has 2 aromatic carbocycles. The van der Waals surface area contributed by atoms with Crippen LogP contribution in [-0.4, -0.2) is 29.1 Å². The van der Waals surface area contributed by atoms with E-state index in [2.05, 4.69) is 39.6 Å². The third-order valence-corrected chi connectivity index (χ3v) is 4.83. The second-order valence-corrected chi connectivity index (χ2v) is 6.54. The van der Waals surface area contributed by atoms with Crippen molar-refractivity contribution >= 4 is 23.0 Å². The Morgan fingerprint density at radius 2 is 2.04 bits per heavy atom. The first kappa shape index (κ1) is 15.7. The molecular weight excluding hydrogens is 314 g/mol. The van der Waals surface area contributed by atoms with Crippen LogP contribution in [0.4, 0.5) is 5.95 Å². The number of hydrogen-bond acceptors (Lipinski definition) is 4. The monoisotopic (exact) mass is 335 g/mol. The molecule has 0 spiro atoms. The van der Waals surface area contributed by atoms with Gasteiger partial charge in [0, 0.05) is 12.0 Å². The van der Waals surface area contributed by atoms with Gasteiger partial charge < -0.3 is 15.0 Å². The lowest BCUT2D eigenvalue weighted by Gasteiger charge is -2.16. The predicted molar refractivity (Wildman–Crippen MR) is 97.9 cm³/mol. The Balaban J connectivity index is 1.50. The lowest BCUT2D eigenvalue weighted by molar-refractivity contribution is 0.0526. The van der Waals surface area contributed by atoms with E-state index in [1.54, 1.807) is 19.1 Å². The van der Waals surface area contributed by atoms with Crippen molar-refractivity contribution < 1.29 is 9.53 Å². The molecule has 1 fully saturated rings.